The molecule has 0 aromatic heterocycles. The number of rotatable bonds is 0. The number of carboxylic acid groups (broad SMARTS) is 1. The lowest BCUT2D eigenvalue weighted by molar-refractivity contribution is -0.139. The molecule has 1 saturated carbocycles. The Kier molecular flexibility index (Phi) is 15.2. The Hall–Kier alpha value is -3.96. The van der Waals surface area contributed by atoms with Gasteiger partial charge >= 0.3 is 18.2 Å². The number of nitrogens with two attached hydrogens (primary N) is 1. The summed E-state index contributed by atoms with van der Waals surface area (Å²) in [6.45, 7) is 10.4. The van der Waals surface area contributed by atoms with Gasteiger partial charge in [0.05, 0.1) is 12.5 Å². The molecule has 1 saturated heterocycles. The number of fused-ring (bicyclic) bond motifs is 3. The molecule has 12 heteroatoms. The molecule has 0 bridgehead atoms. The summed E-state index contributed by atoms with van der Waals surface area (Å²) in [5.41, 5.74) is 5.54. The van der Waals surface area contributed by atoms with Crippen molar-refractivity contribution in [1.82, 2.24) is 9.80 Å². The average Bonchev–Trinajstić information content (AvgIpc) is 3.36. The Balaban J connectivity index is 0.000000269. The molecule has 1 aromatic carbocycles. The topological polar surface area (TPSA) is 163 Å². The van der Waals surface area contributed by atoms with Gasteiger partial charge < -0.3 is 25.2 Å². The molecule has 4 aliphatic rings. The maximum atomic E-state index is 13.1. The first kappa shape index (κ1) is 38.2. The van der Waals surface area contributed by atoms with Gasteiger partial charge in [-0.25, -0.2) is 14.0 Å². The van der Waals surface area contributed by atoms with Gasteiger partial charge in [-0.3, -0.25) is 19.9 Å². The molecule has 3 atom stereocenters. The van der Waals surface area contributed by atoms with Crippen molar-refractivity contribution in [2.75, 3.05) is 6.54 Å². The second kappa shape index (κ2) is 18.3. The van der Waals surface area contributed by atoms with Gasteiger partial charge in [-0.15, -0.1) is 0 Å². The van der Waals surface area contributed by atoms with E-state index in [9.17, 15) is 23.6 Å². The van der Waals surface area contributed by atoms with E-state index >= 15 is 0 Å². The van der Waals surface area contributed by atoms with E-state index in [-0.39, 0.29) is 48.0 Å². The summed E-state index contributed by atoms with van der Waals surface area (Å²) >= 11 is 0. The molecule has 3 amide bonds. The second-order valence-electron chi connectivity index (χ2n) is 12.5. The number of hydrogen-bond donors (Lipinski definition) is 3. The van der Waals surface area contributed by atoms with Crippen LogP contribution in [-0.2, 0) is 32.2 Å². The van der Waals surface area contributed by atoms with Crippen molar-refractivity contribution in [2.24, 2.45) is 17.6 Å². The van der Waals surface area contributed by atoms with Gasteiger partial charge in [0.15, 0.2) is 0 Å². The Morgan fingerprint density at radius 3 is 2.39 bits per heavy atom. The highest BCUT2D eigenvalue weighted by Crippen LogP contribution is 2.41. The number of halogens is 1. The van der Waals surface area contributed by atoms with Crippen molar-refractivity contribution in [3.8, 4) is 0 Å². The van der Waals surface area contributed by atoms with E-state index in [0.717, 1.165) is 56.9 Å². The second-order valence-corrected chi connectivity index (χ2v) is 12.5. The number of esters is 1. The summed E-state index contributed by atoms with van der Waals surface area (Å²) in [6.07, 6.45) is 10.9. The summed E-state index contributed by atoms with van der Waals surface area (Å²) in [7, 11) is 0. The first-order valence-corrected chi connectivity index (χ1v) is 16.3. The molecule has 11 nitrogen and oxygen atoms in total. The van der Waals surface area contributed by atoms with Crippen molar-refractivity contribution in [2.45, 2.75) is 117 Å². The Morgan fingerprint density at radius 1 is 1.09 bits per heavy atom. The number of amides is 3. The molecular formula is C34H51FN4O7. The van der Waals surface area contributed by atoms with Crippen LogP contribution in [0.1, 0.15) is 104 Å². The highest BCUT2D eigenvalue weighted by Gasteiger charge is 2.44. The number of nitrogens with one attached hydrogen (secondary N) is 1. The molecule has 5 rings (SSSR count). The number of carbonyl (C=O) groups is 4. The number of ether oxygens (including phenoxy) is 2. The lowest BCUT2D eigenvalue weighted by Gasteiger charge is -2.24. The summed E-state index contributed by atoms with van der Waals surface area (Å²) in [6, 6.07) is 4.36. The van der Waals surface area contributed by atoms with Crippen molar-refractivity contribution in [3.63, 3.8) is 0 Å². The minimum absolute atomic E-state index is 0.0393. The van der Waals surface area contributed by atoms with Crippen molar-refractivity contribution >= 4 is 30.0 Å². The van der Waals surface area contributed by atoms with Crippen LogP contribution in [-0.4, -0.2) is 63.1 Å². The van der Waals surface area contributed by atoms with Crippen LogP contribution >= 0.6 is 0 Å². The van der Waals surface area contributed by atoms with Crippen molar-refractivity contribution < 1.29 is 38.1 Å². The van der Waals surface area contributed by atoms with Crippen LogP contribution in [0.2, 0.25) is 0 Å². The largest absolute Gasteiger partial charge is 0.465 e. The number of cyclic esters (lactones) is 1. The molecule has 3 aliphatic heterocycles. The molecule has 4 N–H and O–H groups in total. The SMILES string of the molecule is CC.CC(C)(C)OC(N)=O.N=C1OC(=O)C2CC2/C=C\CCCCCCC(=O)N2CCCC12.O=C(O)N1Cc2cccc(F)c2C1. The zero-order chi connectivity index (χ0) is 34.4. The normalized spacial score (nSPS) is 23.3. The molecule has 0 radical (unpaired) electrons. The Morgan fingerprint density at radius 2 is 1.78 bits per heavy atom. The lowest BCUT2D eigenvalue weighted by atomic mass is 10.1. The molecule has 256 valence electrons. The van der Waals surface area contributed by atoms with Gasteiger partial charge in [0.1, 0.15) is 17.5 Å². The molecule has 3 unspecified atom stereocenters. The smallest absolute Gasteiger partial charge is 0.407 e. The van der Waals surface area contributed by atoms with Crippen LogP contribution in [0.4, 0.5) is 14.0 Å². The molecule has 3 heterocycles. The lowest BCUT2D eigenvalue weighted by Crippen LogP contribution is -2.41. The number of benzene rings is 1. The third-order valence-corrected chi connectivity index (χ3v) is 7.73. The van der Waals surface area contributed by atoms with Crippen LogP contribution in [0, 0.1) is 23.1 Å². The molecule has 0 spiro atoms. The van der Waals surface area contributed by atoms with E-state index in [1.54, 1.807) is 37.8 Å². The van der Waals surface area contributed by atoms with Crippen LogP contribution in [0.25, 0.3) is 0 Å². The first-order chi connectivity index (χ1) is 21.8. The summed E-state index contributed by atoms with van der Waals surface area (Å²) in [4.78, 5) is 48.0. The van der Waals surface area contributed by atoms with E-state index in [1.165, 1.54) is 11.0 Å². The van der Waals surface area contributed by atoms with E-state index in [4.69, 9.17) is 21.0 Å². The fraction of sp³-hybridized carbons (Fsp3) is 0.618. The van der Waals surface area contributed by atoms with Gasteiger partial charge in [0.25, 0.3) is 0 Å². The number of carbonyl (C=O) groups excluding carboxylic acids is 3. The van der Waals surface area contributed by atoms with Crippen LogP contribution < -0.4 is 5.73 Å². The summed E-state index contributed by atoms with van der Waals surface area (Å²) in [5, 5.41) is 16.8. The first-order valence-electron chi connectivity index (χ1n) is 16.3. The Bertz CT molecular complexity index is 1250. The fourth-order valence-corrected chi connectivity index (χ4v) is 5.41. The maximum absolute atomic E-state index is 13.1. The molecular weight excluding hydrogens is 595 g/mol. The predicted octanol–water partition coefficient (Wildman–Crippen LogP) is 6.77. The quantitative estimate of drug-likeness (QED) is 0.207. The summed E-state index contributed by atoms with van der Waals surface area (Å²) < 4.78 is 23.0. The highest BCUT2D eigenvalue weighted by molar-refractivity contribution is 5.94. The van der Waals surface area contributed by atoms with Gasteiger partial charge in [-0.05, 0) is 76.8 Å². The van der Waals surface area contributed by atoms with E-state index in [1.807, 2.05) is 13.8 Å². The van der Waals surface area contributed by atoms with Crippen molar-refractivity contribution in [3.05, 3.63) is 47.3 Å². The standard InChI is InChI=1S/C18H26N2O3.C9H8FNO2.C5H11NO2.C2H6/c19-17-15-9-7-11-20(15)16(21)10-6-4-2-1-3-5-8-13-12-14(13)18(22)23-17;10-8-3-1-2-6-4-11(9(12)13)5-7(6)8;1-5(2,3)8-4(6)7;1-2/h5,8,13-15,19H,1-4,6-7,9-12H2;1-3H,4-5H2,(H,12,13);1-3H3,(H2,6,7);1-2H3/b8-5-,19-17?;;;. The predicted molar refractivity (Wildman–Crippen MR) is 172 cm³/mol. The minimum Gasteiger partial charge on any atom is -0.465 e. The average molecular weight is 647 g/mol. The van der Waals surface area contributed by atoms with Crippen molar-refractivity contribution in [1.29, 1.82) is 5.41 Å². The van der Waals surface area contributed by atoms with Gasteiger partial charge in [-0.2, -0.15) is 0 Å². The molecule has 2 fully saturated rings. The van der Waals surface area contributed by atoms with Crippen LogP contribution in [0.15, 0.2) is 30.4 Å². The van der Waals surface area contributed by atoms with E-state index in [0.29, 0.717) is 25.1 Å². The van der Waals surface area contributed by atoms with Crippen LogP contribution in [0.5, 0.6) is 0 Å². The van der Waals surface area contributed by atoms with Gasteiger partial charge in [0, 0.05) is 25.1 Å². The summed E-state index contributed by atoms with van der Waals surface area (Å²) in [5.74, 6) is -0.362. The van der Waals surface area contributed by atoms with Gasteiger partial charge in [-0.1, -0.05) is 51.0 Å². The number of nitrogens with zero attached hydrogens (tertiary/aromatic N) is 2. The van der Waals surface area contributed by atoms with E-state index < -0.39 is 17.8 Å². The third-order valence-electron chi connectivity index (χ3n) is 7.73. The Labute approximate surface area is 271 Å². The fourth-order valence-electron chi connectivity index (χ4n) is 5.41. The molecule has 1 aromatic rings. The highest BCUT2D eigenvalue weighted by atomic mass is 19.1. The maximum Gasteiger partial charge on any atom is 0.407 e. The van der Waals surface area contributed by atoms with Crippen LogP contribution in [0.3, 0.4) is 0 Å². The minimum atomic E-state index is -1.00. The number of hydrogen-bond acceptors (Lipinski definition) is 7. The zero-order valence-corrected chi connectivity index (χ0v) is 27.9. The number of primary amides is 1. The zero-order valence-electron chi connectivity index (χ0n) is 27.9. The number of allylic oxidation sites excluding steroid dienone is 2. The molecule has 1 aliphatic carbocycles. The monoisotopic (exact) mass is 646 g/mol. The third kappa shape index (κ3) is 12.4. The van der Waals surface area contributed by atoms with Gasteiger partial charge in [0.2, 0.25) is 11.8 Å². The van der Waals surface area contributed by atoms with E-state index in [2.05, 4.69) is 16.9 Å². The molecule has 46 heavy (non-hydrogen) atoms.